The molecule has 1 aromatic heterocycles. The maximum atomic E-state index is 9.52. The number of nitriles is 1. The van der Waals surface area contributed by atoms with Crippen LogP contribution < -0.4 is 15.4 Å². The molecular weight excluding hydrogens is 520 g/mol. The third kappa shape index (κ3) is 3.29. The summed E-state index contributed by atoms with van der Waals surface area (Å²) in [6, 6.07) is 11.2. The van der Waals surface area contributed by atoms with Crippen molar-refractivity contribution in [3.8, 4) is 34.3 Å². The molecule has 6 rings (SSSR count). The van der Waals surface area contributed by atoms with Gasteiger partial charge in [-0.15, -0.1) is 0 Å². The van der Waals surface area contributed by atoms with Gasteiger partial charge < -0.3 is 15.4 Å². The predicted molar refractivity (Wildman–Crippen MR) is 168 cm³/mol. The predicted octanol–water partition coefficient (Wildman–Crippen LogP) is 6.65. The molecule has 216 valence electrons. The molecule has 7 heteroatoms. The van der Waals surface area contributed by atoms with Crippen molar-refractivity contribution in [2.75, 3.05) is 25.6 Å². The normalized spacial score (nSPS) is 23.5. The highest BCUT2D eigenvalue weighted by Crippen LogP contribution is 2.65. The number of nitrogens with two attached hydrogens (primary N) is 1. The molecule has 0 saturated carbocycles. The van der Waals surface area contributed by atoms with E-state index in [0.29, 0.717) is 23.3 Å². The fourth-order valence-corrected chi connectivity index (χ4v) is 7.45. The van der Waals surface area contributed by atoms with Crippen molar-refractivity contribution >= 4 is 11.5 Å². The average Bonchev–Trinajstić information content (AvgIpc) is 3.26. The molecule has 2 N–H and O–H groups in total. The standard InChI is InChI=1S/C35H40N6O/c1-19-21(11-12-36)30-38-29(39-31(40-30)41(9)10)20-15-26-28(27(16-20)42-14-13-37)22-17-24-25(18-23(22)35(19,26)8)33(4,5)34(6,7)32(24,2)3/h11-12,15-18H,14,36H2,1-10H3/b12-11-,21-19-. The Balaban J connectivity index is 1.80. The van der Waals surface area contributed by atoms with Crippen LogP contribution in [-0.4, -0.2) is 35.7 Å². The summed E-state index contributed by atoms with van der Waals surface area (Å²) in [5, 5.41) is 9.52. The molecule has 0 spiro atoms. The largest absolute Gasteiger partial charge is 0.478 e. The lowest BCUT2D eigenvalue weighted by Crippen LogP contribution is -2.42. The number of hydrogen-bond acceptors (Lipinski definition) is 7. The number of rotatable bonds is 4. The number of aromatic nitrogens is 3. The summed E-state index contributed by atoms with van der Waals surface area (Å²) >= 11 is 0. The highest BCUT2D eigenvalue weighted by molar-refractivity contribution is 5.93. The summed E-state index contributed by atoms with van der Waals surface area (Å²) in [4.78, 5) is 16.5. The van der Waals surface area contributed by atoms with Gasteiger partial charge in [0.2, 0.25) is 5.95 Å². The SMILES string of the molecule is C/C1=C(\C=C/N)c2nc(nc(N(C)C)n2)-c2cc(OCC#N)c3c(c2)C1(C)c1cc2c(cc1-3)C(C)(C)C(C)(C)C2(C)C. The molecule has 1 unspecified atom stereocenters. The van der Waals surface area contributed by atoms with Crippen LogP contribution in [0.1, 0.15) is 83.5 Å². The second-order valence-electron chi connectivity index (χ2n) is 13.9. The first-order valence-electron chi connectivity index (χ1n) is 14.5. The van der Waals surface area contributed by atoms with Gasteiger partial charge in [-0.3, -0.25) is 0 Å². The van der Waals surface area contributed by atoms with Gasteiger partial charge in [0, 0.05) is 36.2 Å². The van der Waals surface area contributed by atoms with E-state index >= 15 is 0 Å². The van der Waals surface area contributed by atoms with Gasteiger partial charge in [0.25, 0.3) is 0 Å². The first kappa shape index (κ1) is 28.0. The molecular formula is C35H40N6O. The minimum absolute atomic E-state index is 0.0170. The van der Waals surface area contributed by atoms with Crippen molar-refractivity contribution in [3.05, 3.63) is 70.2 Å². The van der Waals surface area contributed by atoms with E-state index in [-0.39, 0.29) is 22.9 Å². The fourth-order valence-electron chi connectivity index (χ4n) is 7.45. The molecule has 2 aromatic carbocycles. The van der Waals surface area contributed by atoms with E-state index in [0.717, 1.165) is 33.4 Å². The Labute approximate surface area is 249 Å². The van der Waals surface area contributed by atoms with E-state index in [1.165, 1.54) is 16.7 Å². The van der Waals surface area contributed by atoms with E-state index in [9.17, 15) is 5.26 Å². The first-order valence-corrected chi connectivity index (χ1v) is 14.5. The smallest absolute Gasteiger partial charge is 0.228 e. The van der Waals surface area contributed by atoms with Crippen LogP contribution in [0.5, 0.6) is 5.75 Å². The Kier molecular flexibility index (Phi) is 5.77. The number of fused-ring (bicyclic) bond motifs is 8. The second kappa shape index (κ2) is 8.67. The zero-order valence-corrected chi connectivity index (χ0v) is 26.4. The maximum Gasteiger partial charge on any atom is 0.228 e. The highest BCUT2D eigenvalue weighted by Gasteiger charge is 2.58. The van der Waals surface area contributed by atoms with Gasteiger partial charge in [-0.05, 0) is 94.0 Å². The van der Waals surface area contributed by atoms with Crippen LogP contribution in [-0.2, 0) is 16.2 Å². The molecule has 2 heterocycles. The average molecular weight is 561 g/mol. The molecule has 3 aliphatic rings. The third-order valence-electron chi connectivity index (χ3n) is 11.3. The van der Waals surface area contributed by atoms with Gasteiger partial charge in [0.05, 0.1) is 0 Å². The first-order chi connectivity index (χ1) is 19.6. The van der Waals surface area contributed by atoms with Crippen LogP contribution in [0, 0.1) is 16.7 Å². The van der Waals surface area contributed by atoms with Gasteiger partial charge in [0.1, 0.15) is 11.8 Å². The molecule has 3 aromatic rings. The lowest BCUT2D eigenvalue weighted by molar-refractivity contribution is 0.125. The van der Waals surface area contributed by atoms with Crippen molar-refractivity contribution < 1.29 is 4.74 Å². The molecule has 4 bridgehead atoms. The number of benzene rings is 2. The van der Waals surface area contributed by atoms with Gasteiger partial charge in [-0.25, -0.2) is 4.98 Å². The fraction of sp³-hybridized carbons (Fsp3) is 0.429. The van der Waals surface area contributed by atoms with Gasteiger partial charge >= 0.3 is 0 Å². The van der Waals surface area contributed by atoms with E-state index in [4.69, 9.17) is 25.4 Å². The molecule has 1 aliphatic heterocycles. The maximum absolute atomic E-state index is 9.52. The lowest BCUT2D eigenvalue weighted by atomic mass is 9.59. The minimum Gasteiger partial charge on any atom is -0.478 e. The Morgan fingerprint density at radius 2 is 1.52 bits per heavy atom. The molecule has 0 saturated heterocycles. The monoisotopic (exact) mass is 560 g/mol. The summed E-state index contributed by atoms with van der Waals surface area (Å²) in [6.45, 7) is 18.6. The summed E-state index contributed by atoms with van der Waals surface area (Å²) in [6.07, 6.45) is 3.46. The summed E-state index contributed by atoms with van der Waals surface area (Å²) in [5.41, 5.74) is 15.4. The Morgan fingerprint density at radius 1 is 0.881 bits per heavy atom. The Morgan fingerprint density at radius 3 is 2.14 bits per heavy atom. The zero-order chi connectivity index (χ0) is 30.6. The molecule has 2 aliphatic carbocycles. The zero-order valence-electron chi connectivity index (χ0n) is 26.4. The van der Waals surface area contributed by atoms with Crippen LogP contribution in [0.25, 0.3) is 28.1 Å². The molecule has 0 fully saturated rings. The topological polar surface area (TPSA) is 101 Å². The molecule has 7 nitrogen and oxygen atoms in total. The lowest BCUT2D eigenvalue weighted by Gasteiger charge is -2.44. The Hall–Kier alpha value is -4.18. The number of anilines is 1. The number of ether oxygens (including phenoxy) is 1. The molecule has 0 radical (unpaired) electrons. The van der Waals surface area contributed by atoms with Crippen LogP contribution in [0.15, 0.2) is 42.1 Å². The summed E-state index contributed by atoms with van der Waals surface area (Å²) in [5.74, 6) is 2.35. The van der Waals surface area contributed by atoms with Gasteiger partial charge in [-0.2, -0.15) is 15.2 Å². The molecule has 42 heavy (non-hydrogen) atoms. The number of hydrogen-bond donors (Lipinski definition) is 1. The van der Waals surface area contributed by atoms with Crippen LogP contribution in [0.2, 0.25) is 0 Å². The highest BCUT2D eigenvalue weighted by atomic mass is 16.5. The van der Waals surface area contributed by atoms with Crippen molar-refractivity contribution in [2.24, 2.45) is 11.1 Å². The molecule has 0 amide bonds. The third-order valence-corrected chi connectivity index (χ3v) is 11.3. The van der Waals surface area contributed by atoms with E-state index in [1.807, 2.05) is 31.1 Å². The number of nitrogens with zero attached hydrogens (tertiary/aromatic N) is 5. The van der Waals surface area contributed by atoms with Crippen LogP contribution in [0.4, 0.5) is 5.95 Å². The van der Waals surface area contributed by atoms with E-state index in [1.54, 1.807) is 6.20 Å². The quantitative estimate of drug-likeness (QED) is 0.381. The van der Waals surface area contributed by atoms with Crippen LogP contribution in [0.3, 0.4) is 0 Å². The van der Waals surface area contributed by atoms with E-state index < -0.39 is 5.41 Å². The van der Waals surface area contributed by atoms with Gasteiger partial charge in [-0.1, -0.05) is 47.6 Å². The summed E-state index contributed by atoms with van der Waals surface area (Å²) < 4.78 is 6.22. The van der Waals surface area contributed by atoms with Crippen molar-refractivity contribution in [1.29, 1.82) is 5.26 Å². The molecule has 1 atom stereocenters. The van der Waals surface area contributed by atoms with Crippen molar-refractivity contribution in [2.45, 2.75) is 71.6 Å². The van der Waals surface area contributed by atoms with E-state index in [2.05, 4.69) is 79.7 Å². The Bertz CT molecular complexity index is 1790. The second-order valence-corrected chi connectivity index (χ2v) is 13.9. The van der Waals surface area contributed by atoms with Crippen molar-refractivity contribution in [1.82, 2.24) is 15.0 Å². The van der Waals surface area contributed by atoms with Crippen LogP contribution >= 0.6 is 0 Å². The summed E-state index contributed by atoms with van der Waals surface area (Å²) in [7, 11) is 3.84. The van der Waals surface area contributed by atoms with Gasteiger partial charge in [0.15, 0.2) is 18.3 Å². The van der Waals surface area contributed by atoms with Crippen molar-refractivity contribution in [3.63, 3.8) is 0 Å². The number of allylic oxidation sites excluding steroid dienone is 3. The minimum atomic E-state index is -0.545.